The predicted octanol–water partition coefficient (Wildman–Crippen LogP) is 0.549. The summed E-state index contributed by atoms with van der Waals surface area (Å²) in [6, 6.07) is 8.25. The zero-order chi connectivity index (χ0) is 15.1. The summed E-state index contributed by atoms with van der Waals surface area (Å²) in [7, 11) is 0. The molecule has 0 radical (unpaired) electrons. The number of carbonyl (C=O) groups is 2. The number of carboxylic acid groups (broad SMARTS) is 1. The molecule has 0 aliphatic carbocycles. The standard InChI is InChI=1S/C14H16N4O3/c19-13(7-6-12-15-9-16-18-12)17-11(14(20)21)8-10-4-2-1-3-5-10/h1-5,9,11H,6-8H2,(H,17,19)(H,20,21)(H,15,16,18)/t11-/m1/s1. The Labute approximate surface area is 121 Å². The molecule has 3 N–H and O–H groups in total. The van der Waals surface area contributed by atoms with Crippen molar-refractivity contribution in [3.63, 3.8) is 0 Å². The van der Waals surface area contributed by atoms with E-state index in [1.165, 1.54) is 6.33 Å². The number of aryl methyl sites for hydroxylation is 1. The number of amides is 1. The normalized spacial score (nSPS) is 11.8. The van der Waals surface area contributed by atoms with Crippen molar-refractivity contribution in [2.24, 2.45) is 0 Å². The van der Waals surface area contributed by atoms with Crippen LogP contribution in [0.15, 0.2) is 36.7 Å². The molecular formula is C14H16N4O3. The number of carboxylic acids is 1. The summed E-state index contributed by atoms with van der Waals surface area (Å²) in [5.74, 6) is -0.776. The smallest absolute Gasteiger partial charge is 0.326 e. The Morgan fingerprint density at radius 2 is 2.05 bits per heavy atom. The first-order valence-corrected chi connectivity index (χ1v) is 6.55. The molecule has 1 aromatic carbocycles. The fourth-order valence-corrected chi connectivity index (χ4v) is 1.90. The molecule has 1 atom stereocenters. The Morgan fingerprint density at radius 3 is 2.67 bits per heavy atom. The van der Waals surface area contributed by atoms with Crippen LogP contribution < -0.4 is 5.32 Å². The summed E-state index contributed by atoms with van der Waals surface area (Å²) in [5.41, 5.74) is 0.862. The van der Waals surface area contributed by atoms with Gasteiger partial charge in [-0.25, -0.2) is 9.78 Å². The third-order valence-electron chi connectivity index (χ3n) is 2.97. The molecule has 7 nitrogen and oxygen atoms in total. The topological polar surface area (TPSA) is 108 Å². The molecule has 1 heterocycles. The average molecular weight is 288 g/mol. The Balaban J connectivity index is 1.87. The van der Waals surface area contributed by atoms with Gasteiger partial charge in [0.2, 0.25) is 5.91 Å². The molecule has 2 rings (SSSR count). The molecule has 2 aromatic rings. The van der Waals surface area contributed by atoms with Crippen molar-refractivity contribution in [1.82, 2.24) is 20.5 Å². The minimum absolute atomic E-state index is 0.160. The highest BCUT2D eigenvalue weighted by molar-refractivity contribution is 5.83. The molecule has 0 saturated carbocycles. The minimum atomic E-state index is -1.05. The van der Waals surface area contributed by atoms with E-state index in [2.05, 4.69) is 20.5 Å². The van der Waals surface area contributed by atoms with Gasteiger partial charge in [-0.2, -0.15) is 5.10 Å². The van der Waals surface area contributed by atoms with Crippen LogP contribution in [0.2, 0.25) is 0 Å². The van der Waals surface area contributed by atoms with Crippen LogP contribution in [0, 0.1) is 0 Å². The van der Waals surface area contributed by atoms with Gasteiger partial charge in [-0.1, -0.05) is 30.3 Å². The Kier molecular flexibility index (Phi) is 5.03. The van der Waals surface area contributed by atoms with Gasteiger partial charge in [-0.3, -0.25) is 9.89 Å². The second kappa shape index (κ2) is 7.18. The summed E-state index contributed by atoms with van der Waals surface area (Å²) in [6.45, 7) is 0. The number of hydrogen-bond acceptors (Lipinski definition) is 4. The van der Waals surface area contributed by atoms with Gasteiger partial charge in [-0.05, 0) is 5.56 Å². The zero-order valence-corrected chi connectivity index (χ0v) is 11.3. The molecule has 0 saturated heterocycles. The number of aromatic nitrogens is 3. The number of benzene rings is 1. The first-order chi connectivity index (χ1) is 10.1. The summed E-state index contributed by atoms with van der Waals surface area (Å²) < 4.78 is 0. The van der Waals surface area contributed by atoms with E-state index in [1.54, 1.807) is 0 Å². The fourth-order valence-electron chi connectivity index (χ4n) is 1.90. The molecule has 0 fully saturated rings. The van der Waals surface area contributed by atoms with Crippen LogP contribution in [0.5, 0.6) is 0 Å². The van der Waals surface area contributed by atoms with Gasteiger partial charge in [0, 0.05) is 19.3 Å². The van der Waals surface area contributed by atoms with E-state index in [9.17, 15) is 14.7 Å². The lowest BCUT2D eigenvalue weighted by Gasteiger charge is -2.14. The van der Waals surface area contributed by atoms with E-state index in [0.29, 0.717) is 12.2 Å². The van der Waals surface area contributed by atoms with Gasteiger partial charge >= 0.3 is 5.97 Å². The quantitative estimate of drug-likeness (QED) is 0.689. The fraction of sp³-hybridized carbons (Fsp3) is 0.286. The van der Waals surface area contributed by atoms with Crippen molar-refractivity contribution in [1.29, 1.82) is 0 Å². The van der Waals surface area contributed by atoms with Crippen molar-refractivity contribution in [2.75, 3.05) is 0 Å². The van der Waals surface area contributed by atoms with Crippen molar-refractivity contribution < 1.29 is 14.7 Å². The van der Waals surface area contributed by atoms with Crippen molar-refractivity contribution >= 4 is 11.9 Å². The van der Waals surface area contributed by atoms with E-state index in [0.717, 1.165) is 5.56 Å². The van der Waals surface area contributed by atoms with E-state index in [1.807, 2.05) is 30.3 Å². The number of H-pyrrole nitrogens is 1. The molecule has 0 spiro atoms. The van der Waals surface area contributed by atoms with Gasteiger partial charge in [0.1, 0.15) is 18.2 Å². The highest BCUT2D eigenvalue weighted by Crippen LogP contribution is 2.04. The van der Waals surface area contributed by atoms with E-state index in [-0.39, 0.29) is 18.7 Å². The maximum atomic E-state index is 11.8. The number of nitrogens with zero attached hydrogens (tertiary/aromatic N) is 2. The number of rotatable bonds is 7. The first-order valence-electron chi connectivity index (χ1n) is 6.55. The summed E-state index contributed by atoms with van der Waals surface area (Å²) in [4.78, 5) is 26.9. The molecule has 0 aliphatic heterocycles. The molecule has 110 valence electrons. The zero-order valence-electron chi connectivity index (χ0n) is 11.3. The second-order valence-electron chi connectivity index (χ2n) is 4.58. The molecule has 0 unspecified atom stereocenters. The number of hydrogen-bond donors (Lipinski definition) is 3. The van der Waals surface area contributed by atoms with Gasteiger partial charge in [0.25, 0.3) is 0 Å². The number of carbonyl (C=O) groups excluding carboxylic acids is 1. The molecule has 1 amide bonds. The van der Waals surface area contributed by atoms with Gasteiger partial charge < -0.3 is 10.4 Å². The predicted molar refractivity (Wildman–Crippen MR) is 74.4 cm³/mol. The average Bonchev–Trinajstić information content (AvgIpc) is 2.99. The molecule has 1 aromatic heterocycles. The SMILES string of the molecule is O=C(CCc1ncn[nH]1)N[C@H](Cc1ccccc1)C(=O)O. The van der Waals surface area contributed by atoms with Gasteiger partial charge in [0.05, 0.1) is 0 Å². The largest absolute Gasteiger partial charge is 0.480 e. The lowest BCUT2D eigenvalue weighted by molar-refractivity contribution is -0.141. The molecule has 21 heavy (non-hydrogen) atoms. The molecular weight excluding hydrogens is 272 g/mol. The highest BCUT2D eigenvalue weighted by atomic mass is 16.4. The maximum absolute atomic E-state index is 11.8. The van der Waals surface area contributed by atoms with Crippen LogP contribution in [-0.2, 0) is 22.4 Å². The van der Waals surface area contributed by atoms with Crippen LogP contribution in [0.4, 0.5) is 0 Å². The van der Waals surface area contributed by atoms with Crippen molar-refractivity contribution in [3.8, 4) is 0 Å². The van der Waals surface area contributed by atoms with Gasteiger partial charge in [-0.15, -0.1) is 0 Å². The van der Waals surface area contributed by atoms with Gasteiger partial charge in [0.15, 0.2) is 0 Å². The van der Waals surface area contributed by atoms with Crippen LogP contribution in [0.3, 0.4) is 0 Å². The Morgan fingerprint density at radius 1 is 1.29 bits per heavy atom. The number of aliphatic carboxylic acids is 1. The molecule has 0 aliphatic rings. The summed E-state index contributed by atoms with van der Waals surface area (Å²) in [5, 5.41) is 18.1. The van der Waals surface area contributed by atoms with Crippen LogP contribution in [0.25, 0.3) is 0 Å². The highest BCUT2D eigenvalue weighted by Gasteiger charge is 2.20. The molecule has 7 heteroatoms. The number of aromatic amines is 1. The van der Waals surface area contributed by atoms with Crippen LogP contribution in [0.1, 0.15) is 17.8 Å². The third kappa shape index (κ3) is 4.72. The lowest BCUT2D eigenvalue weighted by atomic mass is 10.1. The molecule has 0 bridgehead atoms. The van der Waals surface area contributed by atoms with E-state index < -0.39 is 12.0 Å². The first kappa shape index (κ1) is 14.7. The Bertz CT molecular complexity index is 584. The monoisotopic (exact) mass is 288 g/mol. The summed E-state index contributed by atoms with van der Waals surface area (Å²) in [6.07, 6.45) is 2.17. The van der Waals surface area contributed by atoms with Crippen molar-refractivity contribution in [3.05, 3.63) is 48.0 Å². The van der Waals surface area contributed by atoms with Crippen molar-refractivity contribution in [2.45, 2.75) is 25.3 Å². The number of nitrogens with one attached hydrogen (secondary N) is 2. The van der Waals surface area contributed by atoms with E-state index >= 15 is 0 Å². The lowest BCUT2D eigenvalue weighted by Crippen LogP contribution is -2.42. The third-order valence-corrected chi connectivity index (χ3v) is 2.97. The summed E-state index contributed by atoms with van der Waals surface area (Å²) >= 11 is 0. The second-order valence-corrected chi connectivity index (χ2v) is 4.58. The van der Waals surface area contributed by atoms with E-state index in [4.69, 9.17) is 0 Å². The van der Waals surface area contributed by atoms with Crippen LogP contribution in [-0.4, -0.2) is 38.2 Å². The Hall–Kier alpha value is -2.70. The minimum Gasteiger partial charge on any atom is -0.480 e. The van der Waals surface area contributed by atoms with Crippen LogP contribution >= 0.6 is 0 Å². The maximum Gasteiger partial charge on any atom is 0.326 e.